The molecular weight excluding hydrogens is 178 g/mol. The normalized spacial score (nSPS) is 32.4. The zero-order valence-electron chi connectivity index (χ0n) is 8.71. The first-order valence-electron chi connectivity index (χ1n) is 5.11. The van der Waals surface area contributed by atoms with Crippen LogP contribution in [0.2, 0.25) is 0 Å². The standard InChI is InChI=1S/C11H17NO2/c1-8-3-4-10(14-8)7-11(13)5-6-12-9(11)2/h3-4,9,12-13H,5-7H2,1-2H3. The molecule has 2 unspecified atom stereocenters. The SMILES string of the molecule is Cc1ccc(CC2(O)CCNC2C)o1. The first kappa shape index (κ1) is 9.74. The number of hydrogen-bond donors (Lipinski definition) is 2. The zero-order chi connectivity index (χ0) is 10.2. The Kier molecular flexibility index (Phi) is 2.37. The van der Waals surface area contributed by atoms with Crippen LogP contribution in [0.3, 0.4) is 0 Å². The van der Waals surface area contributed by atoms with Crippen molar-refractivity contribution in [3.63, 3.8) is 0 Å². The first-order chi connectivity index (χ1) is 6.60. The third-order valence-electron chi connectivity index (χ3n) is 3.09. The summed E-state index contributed by atoms with van der Waals surface area (Å²) in [7, 11) is 0. The fourth-order valence-electron chi connectivity index (χ4n) is 2.03. The second kappa shape index (κ2) is 3.41. The van der Waals surface area contributed by atoms with Gasteiger partial charge in [0.1, 0.15) is 11.5 Å². The van der Waals surface area contributed by atoms with Crippen molar-refractivity contribution in [2.75, 3.05) is 6.54 Å². The van der Waals surface area contributed by atoms with Gasteiger partial charge in [0, 0.05) is 12.5 Å². The molecule has 0 aromatic carbocycles. The number of rotatable bonds is 2. The molecule has 0 spiro atoms. The molecule has 3 heteroatoms. The van der Waals surface area contributed by atoms with E-state index in [2.05, 4.69) is 5.32 Å². The molecule has 78 valence electrons. The Labute approximate surface area is 84.1 Å². The van der Waals surface area contributed by atoms with Crippen LogP contribution in [0.1, 0.15) is 24.9 Å². The third-order valence-corrected chi connectivity index (χ3v) is 3.09. The van der Waals surface area contributed by atoms with E-state index in [-0.39, 0.29) is 6.04 Å². The highest BCUT2D eigenvalue weighted by Crippen LogP contribution is 2.26. The molecule has 2 atom stereocenters. The van der Waals surface area contributed by atoms with Gasteiger partial charge in [0.15, 0.2) is 0 Å². The summed E-state index contributed by atoms with van der Waals surface area (Å²) in [5.41, 5.74) is -0.635. The average Bonchev–Trinajstić information content (AvgIpc) is 2.62. The summed E-state index contributed by atoms with van der Waals surface area (Å²) in [6.07, 6.45) is 1.41. The molecule has 0 aliphatic carbocycles. The maximum Gasteiger partial charge on any atom is 0.107 e. The fourth-order valence-corrected chi connectivity index (χ4v) is 2.03. The van der Waals surface area contributed by atoms with Crippen LogP contribution in [0.15, 0.2) is 16.5 Å². The summed E-state index contributed by atoms with van der Waals surface area (Å²) in [5, 5.41) is 13.5. The van der Waals surface area contributed by atoms with Gasteiger partial charge in [-0.2, -0.15) is 0 Å². The lowest BCUT2D eigenvalue weighted by atomic mass is 9.91. The van der Waals surface area contributed by atoms with E-state index >= 15 is 0 Å². The molecule has 1 aromatic rings. The van der Waals surface area contributed by atoms with Crippen LogP contribution < -0.4 is 5.32 Å². The molecule has 1 fully saturated rings. The van der Waals surface area contributed by atoms with E-state index in [9.17, 15) is 5.11 Å². The lowest BCUT2D eigenvalue weighted by molar-refractivity contribution is 0.0286. The van der Waals surface area contributed by atoms with Gasteiger partial charge in [-0.15, -0.1) is 0 Å². The van der Waals surface area contributed by atoms with Gasteiger partial charge >= 0.3 is 0 Å². The molecule has 0 saturated carbocycles. The van der Waals surface area contributed by atoms with Crippen molar-refractivity contribution >= 4 is 0 Å². The first-order valence-corrected chi connectivity index (χ1v) is 5.11. The number of aryl methyl sites for hydroxylation is 1. The Morgan fingerprint density at radius 1 is 1.64 bits per heavy atom. The average molecular weight is 195 g/mol. The van der Waals surface area contributed by atoms with Crippen molar-refractivity contribution in [2.45, 2.75) is 38.3 Å². The van der Waals surface area contributed by atoms with Crippen molar-refractivity contribution in [1.82, 2.24) is 5.32 Å². The highest BCUT2D eigenvalue weighted by molar-refractivity contribution is 5.11. The van der Waals surface area contributed by atoms with Crippen LogP contribution in [0.4, 0.5) is 0 Å². The Morgan fingerprint density at radius 3 is 2.93 bits per heavy atom. The van der Waals surface area contributed by atoms with E-state index < -0.39 is 5.60 Å². The summed E-state index contributed by atoms with van der Waals surface area (Å²) in [6.45, 7) is 4.82. The summed E-state index contributed by atoms with van der Waals surface area (Å²) < 4.78 is 5.47. The van der Waals surface area contributed by atoms with Crippen molar-refractivity contribution in [3.05, 3.63) is 23.7 Å². The largest absolute Gasteiger partial charge is 0.466 e. The second-order valence-electron chi connectivity index (χ2n) is 4.22. The molecule has 2 heterocycles. The van der Waals surface area contributed by atoms with Crippen LogP contribution >= 0.6 is 0 Å². The summed E-state index contributed by atoms with van der Waals surface area (Å²) in [5.74, 6) is 1.78. The van der Waals surface area contributed by atoms with Gasteiger partial charge < -0.3 is 14.8 Å². The predicted molar refractivity (Wildman–Crippen MR) is 54.2 cm³/mol. The maximum absolute atomic E-state index is 10.3. The minimum absolute atomic E-state index is 0.146. The minimum Gasteiger partial charge on any atom is -0.466 e. The van der Waals surface area contributed by atoms with E-state index in [0.717, 1.165) is 24.5 Å². The molecule has 1 aliphatic heterocycles. The van der Waals surface area contributed by atoms with Crippen molar-refractivity contribution < 1.29 is 9.52 Å². The Bertz CT molecular complexity index is 321. The van der Waals surface area contributed by atoms with Crippen LogP contribution in [-0.2, 0) is 6.42 Å². The summed E-state index contributed by atoms with van der Waals surface area (Å²) >= 11 is 0. The van der Waals surface area contributed by atoms with E-state index in [0.29, 0.717) is 6.42 Å². The van der Waals surface area contributed by atoms with Crippen molar-refractivity contribution in [1.29, 1.82) is 0 Å². The number of hydrogen-bond acceptors (Lipinski definition) is 3. The van der Waals surface area contributed by atoms with Gasteiger partial charge in [-0.05, 0) is 38.9 Å². The Hall–Kier alpha value is -0.800. The molecule has 2 rings (SSSR count). The van der Waals surface area contributed by atoms with Gasteiger partial charge in [0.2, 0.25) is 0 Å². The highest BCUT2D eigenvalue weighted by Gasteiger charge is 2.38. The molecule has 14 heavy (non-hydrogen) atoms. The topological polar surface area (TPSA) is 45.4 Å². The molecule has 0 amide bonds. The zero-order valence-corrected chi connectivity index (χ0v) is 8.71. The van der Waals surface area contributed by atoms with E-state index in [4.69, 9.17) is 4.42 Å². The molecule has 3 nitrogen and oxygen atoms in total. The summed E-state index contributed by atoms with van der Waals surface area (Å²) in [4.78, 5) is 0. The van der Waals surface area contributed by atoms with Gasteiger partial charge in [0.05, 0.1) is 5.60 Å². The predicted octanol–water partition coefficient (Wildman–Crippen LogP) is 1.24. The van der Waals surface area contributed by atoms with Gasteiger partial charge in [-0.1, -0.05) is 0 Å². The van der Waals surface area contributed by atoms with Crippen molar-refractivity contribution in [3.8, 4) is 0 Å². The minimum atomic E-state index is -0.635. The molecular formula is C11H17NO2. The number of nitrogens with one attached hydrogen (secondary N) is 1. The fraction of sp³-hybridized carbons (Fsp3) is 0.636. The van der Waals surface area contributed by atoms with E-state index in [1.165, 1.54) is 0 Å². The molecule has 1 aromatic heterocycles. The molecule has 1 aliphatic rings. The number of aliphatic hydroxyl groups is 1. The van der Waals surface area contributed by atoms with Crippen molar-refractivity contribution in [2.24, 2.45) is 0 Å². The van der Waals surface area contributed by atoms with Crippen LogP contribution in [0.5, 0.6) is 0 Å². The quantitative estimate of drug-likeness (QED) is 0.746. The van der Waals surface area contributed by atoms with Gasteiger partial charge in [-0.3, -0.25) is 0 Å². The molecule has 0 bridgehead atoms. The van der Waals surface area contributed by atoms with Gasteiger partial charge in [0.25, 0.3) is 0 Å². The van der Waals surface area contributed by atoms with Crippen LogP contribution in [0.25, 0.3) is 0 Å². The Morgan fingerprint density at radius 2 is 2.43 bits per heavy atom. The molecule has 0 radical (unpaired) electrons. The Balaban J connectivity index is 2.10. The van der Waals surface area contributed by atoms with Gasteiger partial charge in [-0.25, -0.2) is 0 Å². The lowest BCUT2D eigenvalue weighted by Gasteiger charge is -2.25. The van der Waals surface area contributed by atoms with E-state index in [1.807, 2.05) is 26.0 Å². The third kappa shape index (κ3) is 1.70. The highest BCUT2D eigenvalue weighted by atomic mass is 16.3. The monoisotopic (exact) mass is 195 g/mol. The van der Waals surface area contributed by atoms with Crippen LogP contribution in [0, 0.1) is 6.92 Å². The molecule has 2 N–H and O–H groups in total. The molecule has 1 saturated heterocycles. The second-order valence-corrected chi connectivity index (χ2v) is 4.22. The number of furan rings is 1. The summed E-state index contributed by atoms with van der Waals surface area (Å²) in [6, 6.07) is 4.03. The maximum atomic E-state index is 10.3. The lowest BCUT2D eigenvalue weighted by Crippen LogP contribution is -2.42. The van der Waals surface area contributed by atoms with Crippen LogP contribution in [-0.4, -0.2) is 23.3 Å². The smallest absolute Gasteiger partial charge is 0.107 e. The van der Waals surface area contributed by atoms with E-state index in [1.54, 1.807) is 0 Å².